The molecule has 4 rings (SSSR count). The second-order valence-electron chi connectivity index (χ2n) is 6.37. The van der Waals surface area contributed by atoms with Crippen LogP contribution < -0.4 is 10.5 Å². The molecule has 5 heteroatoms. The van der Waals surface area contributed by atoms with Gasteiger partial charge in [-0.05, 0) is 54.6 Å². The van der Waals surface area contributed by atoms with Crippen LogP contribution in [-0.2, 0) is 7.05 Å². The van der Waals surface area contributed by atoms with Crippen LogP contribution in [0.2, 0.25) is 0 Å². The fraction of sp³-hybridized carbons (Fsp3) is 0.0435. The Morgan fingerprint density at radius 3 is 2.32 bits per heavy atom. The zero-order chi connectivity index (χ0) is 19.5. The number of anilines is 1. The first kappa shape index (κ1) is 17.4. The quantitative estimate of drug-likeness (QED) is 0.551. The van der Waals surface area contributed by atoms with E-state index in [1.165, 1.54) is 0 Å². The normalized spacial score (nSPS) is 10.4. The van der Waals surface area contributed by atoms with Gasteiger partial charge in [0.15, 0.2) is 0 Å². The zero-order valence-corrected chi connectivity index (χ0v) is 15.3. The molecule has 0 fully saturated rings. The number of nitrogen functional groups attached to an aromatic ring is 1. The summed E-state index contributed by atoms with van der Waals surface area (Å²) in [6.45, 7) is 0. The first-order valence-corrected chi connectivity index (χ1v) is 8.81. The maximum atomic E-state index is 9.53. The van der Waals surface area contributed by atoms with Gasteiger partial charge >= 0.3 is 0 Å². The number of nitriles is 1. The number of aryl methyl sites for hydroxylation is 1. The molecule has 0 radical (unpaired) electrons. The summed E-state index contributed by atoms with van der Waals surface area (Å²) in [7, 11) is 1.93. The molecule has 0 unspecified atom stereocenters. The summed E-state index contributed by atoms with van der Waals surface area (Å²) >= 11 is 0. The van der Waals surface area contributed by atoms with Gasteiger partial charge in [0, 0.05) is 30.1 Å². The molecule has 0 saturated carbocycles. The number of aromatic nitrogens is 2. The van der Waals surface area contributed by atoms with E-state index < -0.39 is 0 Å². The molecule has 0 bridgehead atoms. The van der Waals surface area contributed by atoms with Crippen LogP contribution in [0.15, 0.2) is 79.0 Å². The lowest BCUT2D eigenvalue weighted by molar-refractivity contribution is 0.483. The molecule has 0 spiro atoms. The molecule has 0 amide bonds. The van der Waals surface area contributed by atoms with Gasteiger partial charge in [-0.2, -0.15) is 5.26 Å². The standard InChI is InChI=1S/C23H18N4O/c1-27-13-5-8-22(27)19-14-21(26-23(25)20(19)15-24)16-9-11-18(12-10-16)28-17-6-3-2-4-7-17/h2-14H,1H3,(H2,25,26). The van der Waals surface area contributed by atoms with Gasteiger partial charge in [0.1, 0.15) is 28.9 Å². The fourth-order valence-corrected chi connectivity index (χ4v) is 3.09. The highest BCUT2D eigenvalue weighted by atomic mass is 16.5. The Labute approximate surface area is 163 Å². The number of ether oxygens (including phenoxy) is 1. The van der Waals surface area contributed by atoms with Crippen molar-refractivity contribution in [1.29, 1.82) is 5.26 Å². The van der Waals surface area contributed by atoms with E-state index in [0.29, 0.717) is 11.3 Å². The Morgan fingerprint density at radius 1 is 0.964 bits per heavy atom. The van der Waals surface area contributed by atoms with Crippen LogP contribution in [0.1, 0.15) is 5.56 Å². The minimum Gasteiger partial charge on any atom is -0.457 e. The molecule has 5 nitrogen and oxygen atoms in total. The largest absolute Gasteiger partial charge is 0.457 e. The topological polar surface area (TPSA) is 76.9 Å². The summed E-state index contributed by atoms with van der Waals surface area (Å²) in [5.74, 6) is 1.74. The molecule has 0 atom stereocenters. The van der Waals surface area contributed by atoms with Crippen molar-refractivity contribution in [3.63, 3.8) is 0 Å². The van der Waals surface area contributed by atoms with Crippen molar-refractivity contribution in [2.75, 3.05) is 5.73 Å². The van der Waals surface area contributed by atoms with E-state index in [2.05, 4.69) is 11.1 Å². The average Bonchev–Trinajstić information content (AvgIpc) is 3.14. The first-order chi connectivity index (χ1) is 13.7. The predicted octanol–water partition coefficient (Wildman–Crippen LogP) is 5.00. The Kier molecular flexibility index (Phi) is 4.53. The lowest BCUT2D eigenvalue weighted by Crippen LogP contribution is -2.01. The van der Waals surface area contributed by atoms with Crippen LogP contribution in [0.25, 0.3) is 22.5 Å². The van der Waals surface area contributed by atoms with Gasteiger partial charge in [-0.1, -0.05) is 18.2 Å². The number of pyridine rings is 1. The van der Waals surface area contributed by atoms with Crippen molar-refractivity contribution >= 4 is 5.82 Å². The predicted molar refractivity (Wildman–Crippen MR) is 110 cm³/mol. The Morgan fingerprint density at radius 2 is 1.68 bits per heavy atom. The smallest absolute Gasteiger partial charge is 0.142 e. The van der Waals surface area contributed by atoms with Crippen LogP contribution in [-0.4, -0.2) is 9.55 Å². The molecule has 4 aromatic rings. The van der Waals surface area contributed by atoms with Crippen LogP contribution in [0.5, 0.6) is 11.5 Å². The molecular formula is C23H18N4O. The van der Waals surface area contributed by atoms with Gasteiger partial charge in [-0.3, -0.25) is 0 Å². The highest BCUT2D eigenvalue weighted by Gasteiger charge is 2.15. The van der Waals surface area contributed by atoms with Crippen LogP contribution in [0.3, 0.4) is 0 Å². The Balaban J connectivity index is 1.71. The molecule has 28 heavy (non-hydrogen) atoms. The first-order valence-electron chi connectivity index (χ1n) is 8.81. The van der Waals surface area contributed by atoms with E-state index in [1.807, 2.05) is 90.6 Å². The van der Waals surface area contributed by atoms with E-state index in [4.69, 9.17) is 10.5 Å². The molecule has 0 aliphatic rings. The van der Waals surface area contributed by atoms with E-state index >= 15 is 0 Å². The summed E-state index contributed by atoms with van der Waals surface area (Å²) in [5.41, 5.74) is 9.76. The molecule has 0 aliphatic heterocycles. The molecule has 136 valence electrons. The molecule has 2 N–H and O–H groups in total. The van der Waals surface area contributed by atoms with E-state index in [0.717, 1.165) is 28.3 Å². The third-order valence-corrected chi connectivity index (χ3v) is 4.51. The third kappa shape index (κ3) is 3.31. The van der Waals surface area contributed by atoms with Crippen molar-refractivity contribution in [2.24, 2.45) is 7.05 Å². The number of benzene rings is 2. The molecule has 2 heterocycles. The molecule has 0 aliphatic carbocycles. The lowest BCUT2D eigenvalue weighted by Gasteiger charge is -2.11. The summed E-state index contributed by atoms with van der Waals surface area (Å²) in [6, 6.07) is 25.2. The van der Waals surface area contributed by atoms with Crippen molar-refractivity contribution in [1.82, 2.24) is 9.55 Å². The summed E-state index contributed by atoms with van der Waals surface area (Å²) in [6.07, 6.45) is 1.93. The number of rotatable bonds is 4. The molecular weight excluding hydrogens is 348 g/mol. The van der Waals surface area contributed by atoms with E-state index in [9.17, 15) is 5.26 Å². The second-order valence-corrected chi connectivity index (χ2v) is 6.37. The van der Waals surface area contributed by atoms with Crippen LogP contribution in [0.4, 0.5) is 5.82 Å². The van der Waals surface area contributed by atoms with Gasteiger partial charge < -0.3 is 15.0 Å². The molecule has 2 aromatic heterocycles. The number of para-hydroxylation sites is 1. The van der Waals surface area contributed by atoms with Crippen molar-refractivity contribution < 1.29 is 4.74 Å². The maximum Gasteiger partial charge on any atom is 0.142 e. The second kappa shape index (κ2) is 7.29. The van der Waals surface area contributed by atoms with Crippen molar-refractivity contribution in [3.8, 4) is 40.1 Å². The minimum atomic E-state index is 0.223. The fourth-order valence-electron chi connectivity index (χ4n) is 3.09. The Hall–Kier alpha value is -4.04. The monoisotopic (exact) mass is 366 g/mol. The van der Waals surface area contributed by atoms with Gasteiger partial charge in [0.05, 0.1) is 5.69 Å². The zero-order valence-electron chi connectivity index (χ0n) is 15.3. The van der Waals surface area contributed by atoms with Gasteiger partial charge in [0.2, 0.25) is 0 Å². The van der Waals surface area contributed by atoms with Crippen molar-refractivity contribution in [3.05, 3.63) is 84.6 Å². The van der Waals surface area contributed by atoms with Gasteiger partial charge in [-0.25, -0.2) is 4.98 Å². The number of hydrogen-bond donors (Lipinski definition) is 1. The summed E-state index contributed by atoms with van der Waals surface area (Å²) in [5, 5.41) is 9.53. The van der Waals surface area contributed by atoms with E-state index in [-0.39, 0.29) is 5.82 Å². The highest BCUT2D eigenvalue weighted by Crippen LogP contribution is 2.32. The lowest BCUT2D eigenvalue weighted by atomic mass is 10.0. The summed E-state index contributed by atoms with van der Waals surface area (Å²) in [4.78, 5) is 4.43. The average molecular weight is 366 g/mol. The van der Waals surface area contributed by atoms with Crippen LogP contribution in [0, 0.1) is 11.3 Å². The third-order valence-electron chi connectivity index (χ3n) is 4.51. The van der Waals surface area contributed by atoms with Crippen LogP contribution >= 0.6 is 0 Å². The maximum absolute atomic E-state index is 9.53. The van der Waals surface area contributed by atoms with Gasteiger partial charge in [-0.15, -0.1) is 0 Å². The highest BCUT2D eigenvalue weighted by molar-refractivity contribution is 5.79. The molecule has 2 aromatic carbocycles. The van der Waals surface area contributed by atoms with E-state index in [1.54, 1.807) is 0 Å². The number of hydrogen-bond acceptors (Lipinski definition) is 4. The minimum absolute atomic E-state index is 0.223. The number of nitrogens with two attached hydrogens (primary N) is 1. The summed E-state index contributed by atoms with van der Waals surface area (Å²) < 4.78 is 7.79. The van der Waals surface area contributed by atoms with Gasteiger partial charge in [0.25, 0.3) is 0 Å². The molecule has 0 saturated heterocycles. The SMILES string of the molecule is Cn1cccc1-c1cc(-c2ccc(Oc3ccccc3)cc2)nc(N)c1C#N. The number of nitrogens with zero attached hydrogens (tertiary/aromatic N) is 3. The van der Waals surface area contributed by atoms with Crippen molar-refractivity contribution in [2.45, 2.75) is 0 Å². The Bertz CT molecular complexity index is 1160.